The maximum atomic E-state index is 12.6. The smallest absolute Gasteiger partial charge is 0.416 e. The van der Waals surface area contributed by atoms with Gasteiger partial charge in [-0.25, -0.2) is 0 Å². The summed E-state index contributed by atoms with van der Waals surface area (Å²) >= 11 is 3.38. The molecule has 0 aliphatic carbocycles. The zero-order valence-electron chi connectivity index (χ0n) is 16.0. The number of amides is 1. The number of hydrogen-bond donors (Lipinski definition) is 2. The van der Waals surface area contributed by atoms with E-state index in [1.807, 2.05) is 18.2 Å². The molecule has 1 amide bonds. The summed E-state index contributed by atoms with van der Waals surface area (Å²) in [6.07, 6.45) is -2.87. The second kappa shape index (κ2) is 10.1. The Bertz CT molecular complexity index is 1060. The lowest BCUT2D eigenvalue weighted by atomic mass is 10.2. The highest BCUT2D eigenvalue weighted by atomic mass is 79.9. The molecule has 3 rings (SSSR count). The van der Waals surface area contributed by atoms with Gasteiger partial charge in [-0.1, -0.05) is 18.2 Å². The minimum atomic E-state index is -4.37. The van der Waals surface area contributed by atoms with Crippen LogP contribution in [0.15, 0.2) is 82.4 Å². The first-order valence-electron chi connectivity index (χ1n) is 9.05. The molecule has 0 radical (unpaired) electrons. The first kappa shape index (κ1) is 22.4. The van der Waals surface area contributed by atoms with Crippen LogP contribution in [0.1, 0.15) is 11.1 Å². The Kier molecular flexibility index (Phi) is 7.30. The van der Waals surface area contributed by atoms with Crippen molar-refractivity contribution < 1.29 is 22.7 Å². The highest BCUT2D eigenvalue weighted by Crippen LogP contribution is 2.30. The molecule has 0 atom stereocenters. The average molecular weight is 492 g/mol. The van der Waals surface area contributed by atoms with Crippen molar-refractivity contribution in [2.45, 2.75) is 6.18 Å². The van der Waals surface area contributed by atoms with Crippen LogP contribution in [0.4, 0.5) is 24.5 Å². The third kappa shape index (κ3) is 6.85. The van der Waals surface area contributed by atoms with Crippen molar-refractivity contribution in [1.29, 1.82) is 0 Å². The van der Waals surface area contributed by atoms with E-state index in [-0.39, 0.29) is 12.5 Å². The molecular weight excluding hydrogens is 475 g/mol. The molecule has 0 saturated carbocycles. The van der Waals surface area contributed by atoms with Gasteiger partial charge < -0.3 is 10.1 Å². The number of rotatable bonds is 7. The highest BCUT2D eigenvalue weighted by Gasteiger charge is 2.29. The number of nitrogens with zero attached hydrogens (tertiary/aromatic N) is 1. The van der Waals surface area contributed by atoms with Gasteiger partial charge in [0.2, 0.25) is 0 Å². The number of carbonyl (C=O) groups is 1. The van der Waals surface area contributed by atoms with Gasteiger partial charge in [-0.2, -0.15) is 18.3 Å². The molecule has 0 aliphatic rings. The third-order valence-corrected chi connectivity index (χ3v) is 4.61. The van der Waals surface area contributed by atoms with E-state index in [2.05, 4.69) is 31.8 Å². The number of halogens is 4. The van der Waals surface area contributed by atoms with Crippen molar-refractivity contribution in [2.24, 2.45) is 5.10 Å². The molecule has 9 heteroatoms. The van der Waals surface area contributed by atoms with E-state index in [1.165, 1.54) is 18.3 Å². The Hall–Kier alpha value is -3.33. The molecule has 0 aliphatic heterocycles. The van der Waals surface area contributed by atoms with Crippen molar-refractivity contribution in [3.63, 3.8) is 0 Å². The normalized spacial score (nSPS) is 11.4. The van der Waals surface area contributed by atoms with E-state index in [4.69, 9.17) is 4.74 Å². The zero-order chi connectivity index (χ0) is 22.3. The predicted molar refractivity (Wildman–Crippen MR) is 117 cm³/mol. The lowest BCUT2D eigenvalue weighted by Crippen LogP contribution is -2.20. The number of ether oxygens (including phenoxy) is 1. The molecular formula is C22H17BrF3N3O2. The molecule has 0 heterocycles. The fourth-order valence-electron chi connectivity index (χ4n) is 2.49. The third-order valence-electron chi connectivity index (χ3n) is 3.99. The molecule has 0 bridgehead atoms. The van der Waals surface area contributed by atoms with Crippen LogP contribution in [-0.2, 0) is 11.0 Å². The minimum Gasteiger partial charge on any atom is -0.483 e. The van der Waals surface area contributed by atoms with Crippen LogP contribution in [0.2, 0.25) is 0 Å². The molecule has 0 aromatic heterocycles. The number of anilines is 2. The minimum absolute atomic E-state index is 0.156. The monoisotopic (exact) mass is 491 g/mol. The van der Waals surface area contributed by atoms with Crippen LogP contribution < -0.4 is 15.5 Å². The van der Waals surface area contributed by atoms with Gasteiger partial charge in [-0.15, -0.1) is 0 Å². The van der Waals surface area contributed by atoms with Crippen LogP contribution in [0.5, 0.6) is 5.75 Å². The van der Waals surface area contributed by atoms with Crippen molar-refractivity contribution in [1.82, 2.24) is 0 Å². The van der Waals surface area contributed by atoms with E-state index in [9.17, 15) is 18.0 Å². The highest BCUT2D eigenvalue weighted by molar-refractivity contribution is 9.10. The first-order valence-corrected chi connectivity index (χ1v) is 9.84. The molecule has 0 fully saturated rings. The number of alkyl halides is 3. The first-order chi connectivity index (χ1) is 14.8. The summed E-state index contributed by atoms with van der Waals surface area (Å²) in [5.41, 5.74) is 3.77. The van der Waals surface area contributed by atoms with E-state index in [0.29, 0.717) is 27.2 Å². The molecule has 2 N–H and O–H groups in total. The van der Waals surface area contributed by atoms with E-state index >= 15 is 0 Å². The molecule has 5 nitrogen and oxygen atoms in total. The number of para-hydroxylation sites is 1. The maximum absolute atomic E-state index is 12.6. The van der Waals surface area contributed by atoms with Crippen LogP contribution >= 0.6 is 15.9 Å². The molecule has 0 saturated heterocycles. The van der Waals surface area contributed by atoms with Gasteiger partial charge in [-0.3, -0.25) is 10.2 Å². The summed E-state index contributed by atoms with van der Waals surface area (Å²) < 4.78 is 43.9. The van der Waals surface area contributed by atoms with Crippen molar-refractivity contribution >= 4 is 39.4 Å². The lowest BCUT2D eigenvalue weighted by Gasteiger charge is -2.09. The van der Waals surface area contributed by atoms with Crippen LogP contribution in [0, 0.1) is 0 Å². The van der Waals surface area contributed by atoms with Gasteiger partial charge in [0.1, 0.15) is 5.75 Å². The Morgan fingerprint density at radius 1 is 1.00 bits per heavy atom. The van der Waals surface area contributed by atoms with Crippen molar-refractivity contribution in [2.75, 3.05) is 17.3 Å². The van der Waals surface area contributed by atoms with Gasteiger partial charge in [0.15, 0.2) is 6.61 Å². The summed E-state index contributed by atoms with van der Waals surface area (Å²) in [7, 11) is 0. The second-order valence-corrected chi connectivity index (χ2v) is 7.19. The molecule has 160 valence electrons. The Labute approximate surface area is 185 Å². The van der Waals surface area contributed by atoms with E-state index < -0.39 is 11.7 Å². The Morgan fingerprint density at radius 3 is 2.35 bits per heavy atom. The second-order valence-electron chi connectivity index (χ2n) is 6.34. The van der Waals surface area contributed by atoms with Crippen molar-refractivity contribution in [3.05, 3.63) is 88.4 Å². The Balaban J connectivity index is 1.52. The van der Waals surface area contributed by atoms with Gasteiger partial charge in [0.05, 0.1) is 21.9 Å². The van der Waals surface area contributed by atoms with Gasteiger partial charge in [0, 0.05) is 5.69 Å². The topological polar surface area (TPSA) is 62.7 Å². The lowest BCUT2D eigenvalue weighted by molar-refractivity contribution is -0.137. The number of nitrogens with one attached hydrogen (secondary N) is 2. The molecule has 0 unspecified atom stereocenters. The molecule has 31 heavy (non-hydrogen) atoms. The number of carbonyl (C=O) groups excluding carboxylic acids is 1. The molecule has 0 spiro atoms. The summed E-state index contributed by atoms with van der Waals surface area (Å²) in [5.74, 6) is 0.195. The molecule has 3 aromatic rings. The summed E-state index contributed by atoms with van der Waals surface area (Å²) in [6, 6.07) is 18.8. The largest absolute Gasteiger partial charge is 0.483 e. The summed E-state index contributed by atoms with van der Waals surface area (Å²) in [4.78, 5) is 12.0. The SMILES string of the molecule is O=C(COc1ccc(/C=N/Nc2ccc(C(F)(F)F)cc2)cc1Br)Nc1ccccc1. The zero-order valence-corrected chi connectivity index (χ0v) is 17.6. The van der Waals surface area contributed by atoms with Crippen LogP contribution in [0.25, 0.3) is 0 Å². The van der Waals surface area contributed by atoms with E-state index in [0.717, 1.165) is 12.1 Å². The number of hydrazone groups is 1. The van der Waals surface area contributed by atoms with Gasteiger partial charge >= 0.3 is 6.18 Å². The summed E-state index contributed by atoms with van der Waals surface area (Å²) in [5, 5.41) is 6.74. The standard InChI is InChI=1S/C22H17BrF3N3O2/c23-19-12-15(13-27-29-18-9-7-16(8-10-18)22(24,25)26)6-11-20(19)31-14-21(30)28-17-4-2-1-3-5-17/h1-13,29H,14H2,(H,28,30)/b27-13+. The van der Waals surface area contributed by atoms with Gasteiger partial charge in [0.25, 0.3) is 5.91 Å². The Morgan fingerprint density at radius 2 is 1.71 bits per heavy atom. The summed E-state index contributed by atoms with van der Waals surface area (Å²) in [6.45, 7) is -0.156. The van der Waals surface area contributed by atoms with Crippen LogP contribution in [0.3, 0.4) is 0 Å². The predicted octanol–water partition coefficient (Wildman–Crippen LogP) is 5.93. The van der Waals surface area contributed by atoms with Crippen LogP contribution in [-0.4, -0.2) is 18.7 Å². The van der Waals surface area contributed by atoms with Gasteiger partial charge in [-0.05, 0) is 76.1 Å². The number of hydrogen-bond acceptors (Lipinski definition) is 4. The van der Waals surface area contributed by atoms with Crippen molar-refractivity contribution in [3.8, 4) is 5.75 Å². The quantitative estimate of drug-likeness (QED) is 0.318. The molecule has 3 aromatic carbocycles. The fraction of sp³-hybridized carbons (Fsp3) is 0.0909. The maximum Gasteiger partial charge on any atom is 0.416 e. The number of benzene rings is 3. The average Bonchev–Trinajstić information content (AvgIpc) is 2.73. The fourth-order valence-corrected chi connectivity index (χ4v) is 3.00. The van der Waals surface area contributed by atoms with E-state index in [1.54, 1.807) is 30.3 Å².